The van der Waals surface area contributed by atoms with E-state index in [-0.39, 0.29) is 11.3 Å². The van der Waals surface area contributed by atoms with Crippen molar-refractivity contribution in [2.45, 2.75) is 37.0 Å². The van der Waals surface area contributed by atoms with Crippen LogP contribution < -0.4 is 5.73 Å². The average Bonchev–Trinajstić information content (AvgIpc) is 1.86. The maximum Gasteiger partial charge on any atom is 0.151 e. The minimum atomic E-state index is -2.90. The lowest BCUT2D eigenvalue weighted by Gasteiger charge is -2.26. The normalized spacial score (nSPS) is 33.6. The first-order chi connectivity index (χ1) is 5.02. The van der Waals surface area contributed by atoms with Crippen LogP contribution in [0.3, 0.4) is 0 Å². The Morgan fingerprint density at radius 2 is 1.82 bits per heavy atom. The lowest BCUT2D eigenvalue weighted by atomic mass is 9.96. The van der Waals surface area contributed by atoms with Gasteiger partial charge >= 0.3 is 0 Å². The maximum absolute atomic E-state index is 11.1. The van der Waals surface area contributed by atoms with E-state index in [1.165, 1.54) is 6.26 Å². The van der Waals surface area contributed by atoms with Gasteiger partial charge in [0.05, 0.1) is 5.25 Å². The molecule has 0 heterocycles. The van der Waals surface area contributed by atoms with E-state index in [4.69, 9.17) is 5.73 Å². The highest BCUT2D eigenvalue weighted by atomic mass is 32.2. The topological polar surface area (TPSA) is 60.2 Å². The lowest BCUT2D eigenvalue weighted by Crippen LogP contribution is -2.42. The molecule has 11 heavy (non-hydrogen) atoms. The molecule has 1 fully saturated rings. The molecule has 2 N–H and O–H groups in total. The highest BCUT2D eigenvalue weighted by molar-refractivity contribution is 7.91. The second-order valence-electron chi connectivity index (χ2n) is 3.32. The smallest absolute Gasteiger partial charge is 0.151 e. The van der Waals surface area contributed by atoms with E-state index in [1.807, 2.05) is 0 Å². The van der Waals surface area contributed by atoms with Crippen molar-refractivity contribution >= 4 is 9.84 Å². The summed E-state index contributed by atoms with van der Waals surface area (Å²) >= 11 is 0. The molecule has 66 valence electrons. The molecule has 0 bridgehead atoms. The van der Waals surface area contributed by atoms with Crippen LogP contribution >= 0.6 is 0 Å². The molecule has 3 nitrogen and oxygen atoms in total. The summed E-state index contributed by atoms with van der Waals surface area (Å²) in [6, 6.07) is -0.126. The van der Waals surface area contributed by atoms with Gasteiger partial charge < -0.3 is 5.73 Å². The third-order valence-electron chi connectivity index (χ3n) is 2.30. The Hall–Kier alpha value is -0.0900. The van der Waals surface area contributed by atoms with Gasteiger partial charge in [-0.25, -0.2) is 8.42 Å². The molecule has 0 saturated heterocycles. The summed E-state index contributed by atoms with van der Waals surface area (Å²) in [5.41, 5.74) is 5.69. The van der Waals surface area contributed by atoms with E-state index >= 15 is 0 Å². The van der Waals surface area contributed by atoms with Crippen molar-refractivity contribution in [3.05, 3.63) is 0 Å². The molecule has 0 spiro atoms. The van der Waals surface area contributed by atoms with Gasteiger partial charge in [0.2, 0.25) is 0 Å². The number of hydrogen-bond acceptors (Lipinski definition) is 3. The molecule has 0 aliphatic heterocycles. The Balaban J connectivity index is 2.70. The van der Waals surface area contributed by atoms with Crippen LogP contribution in [0.4, 0.5) is 0 Å². The summed E-state index contributed by atoms with van der Waals surface area (Å²) in [4.78, 5) is 0. The molecule has 4 heteroatoms. The van der Waals surface area contributed by atoms with Crippen LogP contribution in [0.1, 0.15) is 25.7 Å². The van der Waals surface area contributed by atoms with Crippen LogP contribution in [0.5, 0.6) is 0 Å². The van der Waals surface area contributed by atoms with Crippen molar-refractivity contribution < 1.29 is 8.42 Å². The first kappa shape index (κ1) is 9.00. The molecular formula is C7H15NO2S. The zero-order chi connectivity index (χ0) is 8.48. The third-order valence-corrected chi connectivity index (χ3v) is 3.99. The Morgan fingerprint density at radius 3 is 2.18 bits per heavy atom. The summed E-state index contributed by atoms with van der Waals surface area (Å²) in [5.74, 6) is 0. The molecule has 0 radical (unpaired) electrons. The molecule has 1 saturated carbocycles. The second-order valence-corrected chi connectivity index (χ2v) is 5.58. The largest absolute Gasteiger partial charge is 0.327 e. The van der Waals surface area contributed by atoms with Crippen LogP contribution in [0.15, 0.2) is 0 Å². The fraction of sp³-hybridized carbons (Fsp3) is 1.00. The van der Waals surface area contributed by atoms with E-state index in [1.54, 1.807) is 0 Å². The van der Waals surface area contributed by atoms with E-state index < -0.39 is 9.84 Å². The van der Waals surface area contributed by atoms with E-state index in [9.17, 15) is 8.42 Å². The van der Waals surface area contributed by atoms with Crippen molar-refractivity contribution in [3.8, 4) is 0 Å². The zero-order valence-corrected chi connectivity index (χ0v) is 7.60. The van der Waals surface area contributed by atoms with E-state index in [0.717, 1.165) is 25.7 Å². The summed E-state index contributed by atoms with van der Waals surface area (Å²) in [6.45, 7) is 0. The first-order valence-electron chi connectivity index (χ1n) is 3.96. The predicted octanol–water partition coefficient (Wildman–Crippen LogP) is 0.301. The minimum Gasteiger partial charge on any atom is -0.327 e. The number of rotatable bonds is 1. The molecule has 0 aromatic heterocycles. The van der Waals surface area contributed by atoms with Crippen molar-refractivity contribution in [3.63, 3.8) is 0 Å². The van der Waals surface area contributed by atoms with E-state index in [2.05, 4.69) is 0 Å². The quantitative estimate of drug-likeness (QED) is 0.626. The fourth-order valence-corrected chi connectivity index (χ4v) is 3.02. The van der Waals surface area contributed by atoms with Gasteiger partial charge in [-0.1, -0.05) is 12.8 Å². The van der Waals surface area contributed by atoms with Gasteiger partial charge in [-0.2, -0.15) is 0 Å². The Labute approximate surface area is 67.9 Å². The maximum atomic E-state index is 11.1. The Morgan fingerprint density at radius 1 is 1.27 bits per heavy atom. The Bertz CT molecular complexity index is 223. The van der Waals surface area contributed by atoms with Crippen LogP contribution in [0, 0.1) is 0 Å². The first-order valence-corrected chi connectivity index (χ1v) is 5.92. The molecule has 2 atom stereocenters. The van der Waals surface area contributed by atoms with E-state index in [0.29, 0.717) is 0 Å². The number of nitrogens with two attached hydrogens (primary N) is 1. The van der Waals surface area contributed by atoms with Crippen molar-refractivity contribution in [2.24, 2.45) is 5.73 Å². The molecule has 1 rings (SSSR count). The number of hydrogen-bond donors (Lipinski definition) is 1. The van der Waals surface area contributed by atoms with Crippen molar-refractivity contribution in [2.75, 3.05) is 6.26 Å². The van der Waals surface area contributed by atoms with Gasteiger partial charge in [0, 0.05) is 12.3 Å². The fourth-order valence-electron chi connectivity index (χ4n) is 1.66. The van der Waals surface area contributed by atoms with Gasteiger partial charge in [-0.15, -0.1) is 0 Å². The molecular weight excluding hydrogens is 162 g/mol. The van der Waals surface area contributed by atoms with Crippen LogP contribution in [-0.2, 0) is 9.84 Å². The predicted molar refractivity (Wildman–Crippen MR) is 45.1 cm³/mol. The summed E-state index contributed by atoms with van der Waals surface area (Å²) in [7, 11) is -2.90. The molecule has 0 amide bonds. The van der Waals surface area contributed by atoms with Crippen molar-refractivity contribution in [1.82, 2.24) is 0 Å². The van der Waals surface area contributed by atoms with Gasteiger partial charge in [-0.3, -0.25) is 0 Å². The molecule has 0 aromatic carbocycles. The Kier molecular flexibility index (Phi) is 2.54. The third kappa shape index (κ3) is 2.17. The highest BCUT2D eigenvalue weighted by Crippen LogP contribution is 2.22. The molecule has 2 unspecified atom stereocenters. The van der Waals surface area contributed by atoms with Gasteiger partial charge in [0.15, 0.2) is 9.84 Å². The molecule has 1 aliphatic carbocycles. The zero-order valence-electron chi connectivity index (χ0n) is 6.79. The standard InChI is InChI=1S/C7H15NO2S/c1-11(9,10)7-5-3-2-4-6(7)8/h6-7H,2-5,8H2,1H3. The van der Waals surface area contributed by atoms with Gasteiger partial charge in [0.25, 0.3) is 0 Å². The van der Waals surface area contributed by atoms with Crippen LogP contribution in [0.25, 0.3) is 0 Å². The van der Waals surface area contributed by atoms with Gasteiger partial charge in [0.1, 0.15) is 0 Å². The molecule has 1 aliphatic rings. The van der Waals surface area contributed by atoms with Crippen LogP contribution in [-0.4, -0.2) is 26.0 Å². The van der Waals surface area contributed by atoms with Crippen LogP contribution in [0.2, 0.25) is 0 Å². The second kappa shape index (κ2) is 3.11. The summed E-state index contributed by atoms with van der Waals surface area (Å²) in [5, 5.41) is -0.281. The summed E-state index contributed by atoms with van der Waals surface area (Å²) in [6.07, 6.45) is 4.97. The SMILES string of the molecule is CS(=O)(=O)C1CCCCC1N. The minimum absolute atomic E-state index is 0.126. The lowest BCUT2D eigenvalue weighted by molar-refractivity contribution is 0.433. The molecule has 0 aromatic rings. The number of sulfone groups is 1. The average molecular weight is 177 g/mol. The highest BCUT2D eigenvalue weighted by Gasteiger charge is 2.29. The summed E-state index contributed by atoms with van der Waals surface area (Å²) < 4.78 is 22.2. The van der Waals surface area contributed by atoms with Gasteiger partial charge in [-0.05, 0) is 12.8 Å². The van der Waals surface area contributed by atoms with Crippen molar-refractivity contribution in [1.29, 1.82) is 0 Å². The monoisotopic (exact) mass is 177 g/mol.